The molecule has 120 valence electrons. The molecule has 4 aromatic rings. The Labute approximate surface area is 138 Å². The first kappa shape index (κ1) is 13.6. The predicted octanol–water partition coefficient (Wildman–Crippen LogP) is 2.70. The zero-order chi connectivity index (χ0) is 16.3. The summed E-state index contributed by atoms with van der Waals surface area (Å²) in [6, 6.07) is 10.2. The highest BCUT2D eigenvalue weighted by Gasteiger charge is 2.32. The first-order chi connectivity index (χ1) is 11.7. The average Bonchev–Trinajstić information content (AvgIpc) is 3.16. The van der Waals surface area contributed by atoms with Crippen LogP contribution in [0.15, 0.2) is 42.7 Å². The molecule has 1 aromatic carbocycles. The largest absolute Gasteiger partial charge is 0.393 e. The number of aliphatic hydroxyl groups is 1. The molecule has 3 heterocycles. The smallest absolute Gasteiger partial charge is 0.150 e. The zero-order valence-corrected chi connectivity index (χ0v) is 13.0. The molecule has 1 aliphatic rings. The highest BCUT2D eigenvalue weighted by Crippen LogP contribution is 2.37. The van der Waals surface area contributed by atoms with Crippen molar-refractivity contribution in [2.24, 2.45) is 0 Å². The third-order valence-corrected chi connectivity index (χ3v) is 4.86. The van der Waals surface area contributed by atoms with E-state index in [9.17, 15) is 5.11 Å². The van der Waals surface area contributed by atoms with E-state index in [1.54, 1.807) is 6.20 Å². The molecule has 0 aliphatic heterocycles. The Bertz CT molecular complexity index is 1020. The number of aromatic amines is 1. The summed E-state index contributed by atoms with van der Waals surface area (Å²) < 4.78 is 2.01. The van der Waals surface area contributed by atoms with Crippen molar-refractivity contribution in [1.29, 1.82) is 0 Å². The maximum absolute atomic E-state index is 9.58. The molecular formula is C18H17N5O. The van der Waals surface area contributed by atoms with E-state index in [0.717, 1.165) is 46.5 Å². The molecule has 0 radical (unpaired) electrons. The number of rotatable bonds is 2. The molecule has 0 spiro atoms. The minimum absolute atomic E-state index is 0.213. The Morgan fingerprint density at radius 2 is 2.08 bits per heavy atom. The number of nitrogens with one attached hydrogen (secondary N) is 1. The Hall–Kier alpha value is -2.86. The van der Waals surface area contributed by atoms with Gasteiger partial charge in [0.1, 0.15) is 22.9 Å². The second-order valence-electron chi connectivity index (χ2n) is 6.48. The van der Waals surface area contributed by atoms with E-state index < -0.39 is 0 Å². The van der Waals surface area contributed by atoms with Crippen LogP contribution in [-0.4, -0.2) is 30.6 Å². The molecule has 0 saturated heterocycles. The number of hydrogen-bond acceptors (Lipinski definition) is 4. The molecule has 4 N–H and O–H groups in total. The van der Waals surface area contributed by atoms with Crippen LogP contribution in [0.2, 0.25) is 0 Å². The van der Waals surface area contributed by atoms with Crippen molar-refractivity contribution in [3.8, 4) is 11.4 Å². The van der Waals surface area contributed by atoms with Gasteiger partial charge in [0.15, 0.2) is 0 Å². The van der Waals surface area contributed by atoms with Crippen molar-refractivity contribution in [1.82, 2.24) is 19.4 Å². The number of aliphatic hydroxyl groups excluding tert-OH is 1. The Balaban J connectivity index is 1.67. The minimum Gasteiger partial charge on any atom is -0.393 e. The topological polar surface area (TPSA) is 92.2 Å². The summed E-state index contributed by atoms with van der Waals surface area (Å²) in [5.74, 6) is 1.69. The number of hydrogen-bond donors (Lipinski definition) is 3. The molecule has 1 fully saturated rings. The van der Waals surface area contributed by atoms with Crippen LogP contribution in [0.4, 0.5) is 5.82 Å². The molecule has 0 amide bonds. The predicted molar refractivity (Wildman–Crippen MR) is 92.7 cm³/mol. The number of nitrogen functional groups attached to an aromatic ring is 1. The molecule has 6 nitrogen and oxygen atoms in total. The molecule has 3 aromatic heterocycles. The fourth-order valence-corrected chi connectivity index (χ4v) is 3.48. The van der Waals surface area contributed by atoms with Gasteiger partial charge in [0.2, 0.25) is 0 Å². The molecule has 0 unspecified atom stereocenters. The van der Waals surface area contributed by atoms with Crippen LogP contribution >= 0.6 is 0 Å². The normalized spacial score (nSPS) is 20.5. The minimum atomic E-state index is -0.213. The Morgan fingerprint density at radius 1 is 1.25 bits per heavy atom. The summed E-state index contributed by atoms with van der Waals surface area (Å²) in [4.78, 5) is 12.4. The summed E-state index contributed by atoms with van der Waals surface area (Å²) in [6.07, 6.45) is 5.03. The average molecular weight is 319 g/mol. The van der Waals surface area contributed by atoms with Crippen LogP contribution in [0.25, 0.3) is 27.8 Å². The lowest BCUT2D eigenvalue weighted by atomic mass is 9.82. The van der Waals surface area contributed by atoms with E-state index in [1.165, 1.54) is 0 Å². The highest BCUT2D eigenvalue weighted by atomic mass is 16.3. The van der Waals surface area contributed by atoms with Crippen LogP contribution < -0.4 is 5.73 Å². The van der Waals surface area contributed by atoms with Crippen molar-refractivity contribution < 1.29 is 5.11 Å². The summed E-state index contributed by atoms with van der Waals surface area (Å²) in [5.41, 5.74) is 9.75. The quantitative estimate of drug-likeness (QED) is 0.529. The third kappa shape index (κ3) is 1.93. The lowest BCUT2D eigenvalue weighted by molar-refractivity contribution is 0.0715. The summed E-state index contributed by atoms with van der Waals surface area (Å²) >= 11 is 0. The van der Waals surface area contributed by atoms with Gasteiger partial charge in [0.25, 0.3) is 0 Å². The molecule has 1 saturated carbocycles. The molecule has 0 bridgehead atoms. The number of nitrogens with two attached hydrogens (primary N) is 1. The fourth-order valence-electron chi connectivity index (χ4n) is 3.48. The van der Waals surface area contributed by atoms with Crippen LogP contribution in [-0.2, 0) is 0 Å². The number of H-pyrrole nitrogens is 1. The molecule has 6 heteroatoms. The second kappa shape index (κ2) is 4.82. The summed E-state index contributed by atoms with van der Waals surface area (Å²) in [6.45, 7) is 0. The fraction of sp³-hybridized carbons (Fsp3) is 0.222. The number of benzene rings is 1. The zero-order valence-electron chi connectivity index (χ0n) is 13.0. The van der Waals surface area contributed by atoms with E-state index in [2.05, 4.69) is 27.1 Å². The molecule has 24 heavy (non-hydrogen) atoms. The van der Waals surface area contributed by atoms with E-state index >= 15 is 0 Å². The standard InChI is InChI=1S/C18H17N5O/c19-17-16-8-20-18(11-5-12(24)6-11)23(16)9-15(22-17)14-7-10-3-1-2-4-13(10)21-14/h1-4,7-9,11-12,21,24H,5-6H2,(H2,19,22). The third-order valence-electron chi connectivity index (χ3n) is 4.86. The Morgan fingerprint density at radius 3 is 2.88 bits per heavy atom. The van der Waals surface area contributed by atoms with E-state index in [-0.39, 0.29) is 12.0 Å². The summed E-state index contributed by atoms with van der Waals surface area (Å²) in [5, 5.41) is 10.7. The number of nitrogens with zero attached hydrogens (tertiary/aromatic N) is 3. The van der Waals surface area contributed by atoms with Gasteiger partial charge in [-0.3, -0.25) is 4.40 Å². The maximum Gasteiger partial charge on any atom is 0.150 e. The van der Waals surface area contributed by atoms with Crippen molar-refractivity contribution in [2.45, 2.75) is 24.9 Å². The first-order valence-corrected chi connectivity index (χ1v) is 8.09. The van der Waals surface area contributed by atoms with Gasteiger partial charge in [-0.05, 0) is 25.0 Å². The van der Waals surface area contributed by atoms with Crippen LogP contribution in [0.3, 0.4) is 0 Å². The van der Waals surface area contributed by atoms with Crippen LogP contribution in [0, 0.1) is 0 Å². The summed E-state index contributed by atoms with van der Waals surface area (Å²) in [7, 11) is 0. The van der Waals surface area contributed by atoms with Gasteiger partial charge in [-0.2, -0.15) is 0 Å². The SMILES string of the molecule is Nc1nc(-c2cc3ccccc3[nH]2)cn2c(C3CC(O)C3)ncc12. The number of para-hydroxylation sites is 1. The van der Waals surface area contributed by atoms with Crippen LogP contribution in [0.1, 0.15) is 24.6 Å². The number of imidazole rings is 1. The monoisotopic (exact) mass is 319 g/mol. The van der Waals surface area contributed by atoms with E-state index in [0.29, 0.717) is 5.82 Å². The van der Waals surface area contributed by atoms with Gasteiger partial charge >= 0.3 is 0 Å². The van der Waals surface area contributed by atoms with Crippen molar-refractivity contribution in [2.75, 3.05) is 5.73 Å². The van der Waals surface area contributed by atoms with Gasteiger partial charge in [0.05, 0.1) is 18.0 Å². The lowest BCUT2D eigenvalue weighted by Gasteiger charge is -2.30. The van der Waals surface area contributed by atoms with Crippen LogP contribution in [0.5, 0.6) is 0 Å². The van der Waals surface area contributed by atoms with Gasteiger partial charge in [-0.1, -0.05) is 18.2 Å². The van der Waals surface area contributed by atoms with Crippen molar-refractivity contribution in [3.05, 3.63) is 48.5 Å². The van der Waals surface area contributed by atoms with Gasteiger partial charge < -0.3 is 15.8 Å². The molecule has 5 rings (SSSR count). The van der Waals surface area contributed by atoms with Crippen molar-refractivity contribution in [3.63, 3.8) is 0 Å². The number of anilines is 1. The number of aromatic nitrogens is 4. The van der Waals surface area contributed by atoms with E-state index in [1.807, 2.05) is 28.8 Å². The molecule has 0 atom stereocenters. The molecular weight excluding hydrogens is 302 g/mol. The van der Waals surface area contributed by atoms with Gasteiger partial charge in [-0.25, -0.2) is 9.97 Å². The van der Waals surface area contributed by atoms with Gasteiger partial charge in [-0.15, -0.1) is 0 Å². The maximum atomic E-state index is 9.58. The first-order valence-electron chi connectivity index (χ1n) is 8.09. The Kier molecular flexibility index (Phi) is 2.72. The molecule has 1 aliphatic carbocycles. The van der Waals surface area contributed by atoms with Gasteiger partial charge in [0, 0.05) is 23.0 Å². The lowest BCUT2D eigenvalue weighted by Crippen LogP contribution is -2.28. The number of fused-ring (bicyclic) bond motifs is 2. The second-order valence-corrected chi connectivity index (χ2v) is 6.48. The highest BCUT2D eigenvalue weighted by molar-refractivity contribution is 5.85. The van der Waals surface area contributed by atoms with Crippen molar-refractivity contribution >= 4 is 22.2 Å². The van der Waals surface area contributed by atoms with E-state index in [4.69, 9.17) is 5.73 Å².